The number of nitrogens with zero attached hydrogens (tertiary/aromatic N) is 3. The first-order chi connectivity index (χ1) is 10.8. The van der Waals surface area contributed by atoms with Gasteiger partial charge in [0.05, 0.1) is 11.6 Å². The number of hydrogen-bond donors (Lipinski definition) is 0. The molecule has 2 rings (SSSR count). The molecular weight excluding hydrogens is 346 g/mol. The van der Waals surface area contributed by atoms with Crippen LogP contribution in [0.2, 0.25) is 5.02 Å². The Balaban J connectivity index is 2.57. The van der Waals surface area contributed by atoms with Gasteiger partial charge < -0.3 is 14.9 Å². The molecule has 124 valence electrons. The fraction of sp³-hybridized carbons (Fsp3) is 0.308. The van der Waals surface area contributed by atoms with E-state index in [1.165, 1.54) is 25.1 Å². The molecule has 0 amide bonds. The molecule has 0 bridgehead atoms. The van der Waals surface area contributed by atoms with Crippen LogP contribution in [0, 0.1) is 17.0 Å². The summed E-state index contributed by atoms with van der Waals surface area (Å²) < 4.78 is 31.4. The first kappa shape index (κ1) is 17.2. The average molecular weight is 360 g/mol. The molecule has 10 heteroatoms. The molecule has 0 N–H and O–H groups in total. The minimum atomic E-state index is -4.19. The van der Waals surface area contributed by atoms with Gasteiger partial charge in [-0.3, -0.25) is 0 Å². The summed E-state index contributed by atoms with van der Waals surface area (Å²) in [5, 5.41) is 11.3. The number of nitro groups is 1. The standard InChI is InChI=1S/C13H14ClN3O5S/c1-3-6-22-12-7-10(4-5-11(12)14)23(20,21)16-9(2)15-8-13(16)17(18)19/h4-5,7-8H,3,6H2,1-2H3. The first-order valence-electron chi connectivity index (χ1n) is 6.65. The fourth-order valence-corrected chi connectivity index (χ4v) is 3.55. The van der Waals surface area contributed by atoms with Crippen molar-refractivity contribution in [3.05, 3.63) is 45.4 Å². The van der Waals surface area contributed by atoms with Crippen LogP contribution in [0.1, 0.15) is 19.2 Å². The van der Waals surface area contributed by atoms with Gasteiger partial charge in [0.15, 0.2) is 0 Å². The molecule has 8 nitrogen and oxygen atoms in total. The van der Waals surface area contributed by atoms with Gasteiger partial charge in [-0.15, -0.1) is 0 Å². The monoisotopic (exact) mass is 359 g/mol. The van der Waals surface area contributed by atoms with Crippen LogP contribution >= 0.6 is 11.6 Å². The van der Waals surface area contributed by atoms with E-state index < -0.39 is 20.8 Å². The third-order valence-corrected chi connectivity index (χ3v) is 5.05. The zero-order valence-corrected chi connectivity index (χ0v) is 14.0. The van der Waals surface area contributed by atoms with E-state index in [0.717, 1.165) is 12.6 Å². The van der Waals surface area contributed by atoms with Crippen molar-refractivity contribution in [1.82, 2.24) is 8.96 Å². The summed E-state index contributed by atoms with van der Waals surface area (Å²) in [6, 6.07) is 3.88. The normalized spacial score (nSPS) is 11.4. The highest BCUT2D eigenvalue weighted by Crippen LogP contribution is 2.30. The maximum Gasteiger partial charge on any atom is 0.358 e. The molecule has 0 spiro atoms. The Labute approximate surface area is 137 Å². The lowest BCUT2D eigenvalue weighted by Crippen LogP contribution is -2.17. The minimum Gasteiger partial charge on any atom is -0.492 e. The summed E-state index contributed by atoms with van der Waals surface area (Å²) >= 11 is 5.97. The Morgan fingerprint density at radius 1 is 1.43 bits per heavy atom. The Bertz CT molecular complexity index is 847. The van der Waals surface area contributed by atoms with Crippen molar-refractivity contribution in [3.8, 4) is 5.75 Å². The lowest BCUT2D eigenvalue weighted by atomic mass is 10.3. The van der Waals surface area contributed by atoms with Gasteiger partial charge in [-0.1, -0.05) is 22.5 Å². The maximum atomic E-state index is 12.7. The molecule has 0 fully saturated rings. The van der Waals surface area contributed by atoms with Crippen LogP contribution < -0.4 is 4.74 Å². The Morgan fingerprint density at radius 2 is 2.13 bits per heavy atom. The molecule has 0 aliphatic rings. The van der Waals surface area contributed by atoms with Crippen molar-refractivity contribution in [1.29, 1.82) is 0 Å². The van der Waals surface area contributed by atoms with Crippen LogP contribution in [-0.2, 0) is 10.0 Å². The molecule has 1 aromatic heterocycles. The zero-order chi connectivity index (χ0) is 17.2. The number of imidazole rings is 1. The smallest absolute Gasteiger partial charge is 0.358 e. The van der Waals surface area contributed by atoms with E-state index in [-0.39, 0.29) is 21.5 Å². The quantitative estimate of drug-likeness (QED) is 0.580. The average Bonchev–Trinajstić information content (AvgIpc) is 2.89. The van der Waals surface area contributed by atoms with Crippen LogP contribution in [-0.4, -0.2) is 28.9 Å². The zero-order valence-electron chi connectivity index (χ0n) is 12.4. The summed E-state index contributed by atoms with van der Waals surface area (Å²) in [4.78, 5) is 13.7. The van der Waals surface area contributed by atoms with Crippen LogP contribution in [0.15, 0.2) is 29.3 Å². The summed E-state index contributed by atoms with van der Waals surface area (Å²) in [5.41, 5.74) is 0. The highest BCUT2D eigenvalue weighted by atomic mass is 35.5. The molecule has 2 aromatic rings. The van der Waals surface area contributed by atoms with Gasteiger partial charge in [-0.2, -0.15) is 8.42 Å². The lowest BCUT2D eigenvalue weighted by Gasteiger charge is -2.09. The Hall–Kier alpha value is -2.13. The first-order valence-corrected chi connectivity index (χ1v) is 8.47. The number of rotatable bonds is 6. The van der Waals surface area contributed by atoms with E-state index in [1.54, 1.807) is 0 Å². The van der Waals surface area contributed by atoms with Gasteiger partial charge >= 0.3 is 15.8 Å². The molecule has 23 heavy (non-hydrogen) atoms. The van der Waals surface area contributed by atoms with Gasteiger partial charge in [0, 0.05) is 13.0 Å². The van der Waals surface area contributed by atoms with E-state index in [1.807, 2.05) is 6.92 Å². The molecule has 0 unspecified atom stereocenters. The molecule has 0 saturated carbocycles. The SMILES string of the molecule is CCCOc1cc(S(=O)(=O)n2c([N+](=O)[O-])cnc2C)ccc1Cl. The topological polar surface area (TPSA) is 104 Å². The second-order valence-electron chi connectivity index (χ2n) is 4.63. The summed E-state index contributed by atoms with van der Waals surface area (Å²) in [6.07, 6.45) is 1.62. The lowest BCUT2D eigenvalue weighted by molar-refractivity contribution is -0.390. The summed E-state index contributed by atoms with van der Waals surface area (Å²) in [5.74, 6) is -0.439. The van der Waals surface area contributed by atoms with Crippen LogP contribution in [0.5, 0.6) is 5.75 Å². The Morgan fingerprint density at radius 3 is 2.74 bits per heavy atom. The van der Waals surface area contributed by atoms with Crippen LogP contribution in [0.4, 0.5) is 5.82 Å². The summed E-state index contributed by atoms with van der Waals surface area (Å²) in [7, 11) is -4.19. The van der Waals surface area contributed by atoms with Crippen molar-refractivity contribution < 1.29 is 18.1 Å². The minimum absolute atomic E-state index is 0.0114. The van der Waals surface area contributed by atoms with Crippen molar-refractivity contribution >= 4 is 27.4 Å². The summed E-state index contributed by atoms with van der Waals surface area (Å²) in [6.45, 7) is 3.63. The molecule has 1 aromatic carbocycles. The molecular formula is C13H14ClN3O5S. The molecule has 0 aliphatic carbocycles. The van der Waals surface area contributed by atoms with Gasteiger partial charge in [-0.25, -0.2) is 4.98 Å². The number of ether oxygens (including phenoxy) is 1. The highest BCUT2D eigenvalue weighted by molar-refractivity contribution is 7.90. The molecule has 0 saturated heterocycles. The van der Waals surface area contributed by atoms with Gasteiger partial charge in [0.25, 0.3) is 0 Å². The van der Waals surface area contributed by atoms with Gasteiger partial charge in [0.2, 0.25) is 5.82 Å². The molecule has 0 radical (unpaired) electrons. The maximum absolute atomic E-state index is 12.7. The van der Waals surface area contributed by atoms with E-state index in [9.17, 15) is 18.5 Å². The number of aromatic nitrogens is 2. The number of hydrogen-bond acceptors (Lipinski definition) is 6. The molecule has 0 atom stereocenters. The second kappa shape index (κ2) is 6.55. The molecule has 1 heterocycles. The van der Waals surface area contributed by atoms with Crippen molar-refractivity contribution in [2.24, 2.45) is 0 Å². The van der Waals surface area contributed by atoms with Crippen molar-refractivity contribution in [2.45, 2.75) is 25.2 Å². The van der Waals surface area contributed by atoms with E-state index in [0.29, 0.717) is 10.6 Å². The van der Waals surface area contributed by atoms with Crippen molar-refractivity contribution in [3.63, 3.8) is 0 Å². The Kier molecular flexibility index (Phi) is 4.90. The van der Waals surface area contributed by atoms with Gasteiger partial charge in [0.1, 0.15) is 16.8 Å². The van der Waals surface area contributed by atoms with Crippen LogP contribution in [0.3, 0.4) is 0 Å². The third-order valence-electron chi connectivity index (χ3n) is 2.96. The van der Waals surface area contributed by atoms with E-state index in [2.05, 4.69) is 4.98 Å². The molecule has 0 aliphatic heterocycles. The predicted molar refractivity (Wildman–Crippen MR) is 83.4 cm³/mol. The van der Waals surface area contributed by atoms with E-state index in [4.69, 9.17) is 16.3 Å². The largest absolute Gasteiger partial charge is 0.492 e. The van der Waals surface area contributed by atoms with Crippen LogP contribution in [0.25, 0.3) is 0 Å². The number of aryl methyl sites for hydroxylation is 1. The highest BCUT2D eigenvalue weighted by Gasteiger charge is 2.32. The van der Waals surface area contributed by atoms with Crippen molar-refractivity contribution in [2.75, 3.05) is 6.61 Å². The second-order valence-corrected chi connectivity index (χ2v) is 6.82. The van der Waals surface area contributed by atoms with E-state index >= 15 is 0 Å². The predicted octanol–water partition coefficient (Wildman–Crippen LogP) is 2.78. The van der Waals surface area contributed by atoms with Gasteiger partial charge in [-0.05, 0) is 23.5 Å². The fourth-order valence-electron chi connectivity index (χ4n) is 1.91. The number of halogens is 1. The third kappa shape index (κ3) is 3.30. The number of benzene rings is 1.